The maximum atomic E-state index is 14.2. The molecule has 6 nitrogen and oxygen atoms in total. The van der Waals surface area contributed by atoms with E-state index < -0.39 is 39.6 Å². The minimum Gasteiger partial charge on any atom is -0.444 e. The van der Waals surface area contributed by atoms with Crippen molar-refractivity contribution in [2.75, 3.05) is 18.0 Å². The molecule has 0 radical (unpaired) electrons. The van der Waals surface area contributed by atoms with Crippen LogP contribution >= 0.6 is 0 Å². The lowest BCUT2D eigenvalue weighted by Crippen LogP contribution is -2.50. The average molecular weight is 476 g/mol. The summed E-state index contributed by atoms with van der Waals surface area (Å²) in [6.45, 7) is 0.0374. The summed E-state index contributed by atoms with van der Waals surface area (Å²) in [5.41, 5.74) is 0.581. The van der Waals surface area contributed by atoms with Gasteiger partial charge >= 0.3 is 6.09 Å². The van der Waals surface area contributed by atoms with E-state index in [1.165, 1.54) is 21.3 Å². The van der Waals surface area contributed by atoms with Gasteiger partial charge in [-0.25, -0.2) is 26.4 Å². The Bertz CT molecular complexity index is 1370. The van der Waals surface area contributed by atoms with Gasteiger partial charge in [-0.05, 0) is 31.0 Å². The van der Waals surface area contributed by atoms with E-state index in [9.17, 15) is 26.4 Å². The summed E-state index contributed by atoms with van der Waals surface area (Å²) in [6, 6.07) is 10.3. The molecule has 0 atom stereocenters. The second-order valence-corrected chi connectivity index (χ2v) is 9.95. The number of hydrogen-bond acceptors (Lipinski definition) is 4. The highest BCUT2D eigenvalue weighted by Crippen LogP contribution is 2.35. The molecular weight excluding hydrogens is 457 g/mol. The summed E-state index contributed by atoms with van der Waals surface area (Å²) >= 11 is 0. The van der Waals surface area contributed by atoms with Crippen LogP contribution in [0.2, 0.25) is 0 Å². The number of carbonyl (C=O) groups excluding carboxylic acids is 1. The Morgan fingerprint density at radius 2 is 1.55 bits per heavy atom. The molecule has 1 amide bonds. The van der Waals surface area contributed by atoms with E-state index in [1.54, 1.807) is 18.2 Å². The highest BCUT2D eigenvalue weighted by molar-refractivity contribution is 7.89. The highest BCUT2D eigenvalue weighted by Gasteiger charge is 2.38. The van der Waals surface area contributed by atoms with Gasteiger partial charge in [0.15, 0.2) is 11.6 Å². The lowest BCUT2D eigenvalue weighted by atomic mass is 10.0. The number of amides is 1. The Morgan fingerprint density at radius 3 is 2.27 bits per heavy atom. The Hall–Kier alpha value is -3.11. The van der Waals surface area contributed by atoms with Gasteiger partial charge in [0.1, 0.15) is 12.4 Å². The van der Waals surface area contributed by atoms with Crippen molar-refractivity contribution in [3.8, 4) is 0 Å². The predicted octanol–water partition coefficient (Wildman–Crippen LogP) is 4.57. The fourth-order valence-electron chi connectivity index (χ4n) is 4.51. The Morgan fingerprint density at radius 1 is 0.879 bits per heavy atom. The van der Waals surface area contributed by atoms with E-state index in [2.05, 4.69) is 0 Å². The molecule has 0 saturated carbocycles. The number of halogens is 3. The van der Waals surface area contributed by atoms with Crippen LogP contribution in [0.4, 0.5) is 23.7 Å². The molecule has 3 aromatic rings. The molecule has 2 heterocycles. The van der Waals surface area contributed by atoms with Crippen LogP contribution in [0, 0.1) is 17.5 Å². The molecule has 1 saturated heterocycles. The van der Waals surface area contributed by atoms with Gasteiger partial charge < -0.3 is 4.74 Å². The number of carbonyl (C=O) groups is 1. The fourth-order valence-corrected chi connectivity index (χ4v) is 6.18. The van der Waals surface area contributed by atoms with Gasteiger partial charge in [0.25, 0.3) is 0 Å². The summed E-state index contributed by atoms with van der Waals surface area (Å²) in [5, 5.41) is 0.515. The third-order valence-electron chi connectivity index (χ3n) is 6.17. The first kappa shape index (κ1) is 21.7. The van der Waals surface area contributed by atoms with Crippen molar-refractivity contribution >= 4 is 32.6 Å². The van der Waals surface area contributed by atoms with Gasteiger partial charge in [-0.3, -0.25) is 4.90 Å². The largest absolute Gasteiger partial charge is 0.444 e. The second-order valence-electron chi connectivity index (χ2n) is 8.05. The first-order valence-corrected chi connectivity index (χ1v) is 11.8. The zero-order chi connectivity index (χ0) is 23.3. The van der Waals surface area contributed by atoms with Crippen molar-refractivity contribution in [2.45, 2.75) is 30.4 Å². The second kappa shape index (κ2) is 8.03. The molecule has 0 aliphatic carbocycles. The zero-order valence-electron chi connectivity index (χ0n) is 17.3. The number of rotatable bonds is 3. The summed E-state index contributed by atoms with van der Waals surface area (Å²) in [7, 11) is -3.92. The van der Waals surface area contributed by atoms with Crippen molar-refractivity contribution in [1.82, 2.24) is 4.31 Å². The van der Waals surface area contributed by atoms with Crippen molar-refractivity contribution in [3.63, 3.8) is 0 Å². The molecule has 2 aliphatic heterocycles. The molecule has 10 heteroatoms. The molecule has 2 aliphatic rings. The molecule has 0 spiro atoms. The SMILES string of the molecule is O=C1OCc2cc(F)c(F)cc2N1C1CCN(S(=O)(=O)c2ccc(F)c3ccccc23)CC1. The molecule has 0 N–H and O–H groups in total. The van der Waals surface area contributed by atoms with Crippen LogP contribution in [0.1, 0.15) is 18.4 Å². The Balaban J connectivity index is 1.41. The summed E-state index contributed by atoms with van der Waals surface area (Å²) in [4.78, 5) is 13.7. The lowest BCUT2D eigenvalue weighted by Gasteiger charge is -2.39. The minimum atomic E-state index is -3.92. The van der Waals surface area contributed by atoms with Gasteiger partial charge in [0.05, 0.1) is 10.6 Å². The first-order chi connectivity index (χ1) is 15.8. The number of anilines is 1. The maximum Gasteiger partial charge on any atom is 0.414 e. The third-order valence-corrected chi connectivity index (χ3v) is 8.12. The highest BCUT2D eigenvalue weighted by atomic mass is 32.2. The van der Waals surface area contributed by atoms with Crippen molar-refractivity contribution in [1.29, 1.82) is 0 Å². The first-order valence-electron chi connectivity index (χ1n) is 10.4. The number of hydrogen-bond donors (Lipinski definition) is 0. The quantitative estimate of drug-likeness (QED) is 0.556. The molecular formula is C23H19F3N2O4S. The standard InChI is InChI=1S/C23H19F3N2O4S/c24-18-5-6-22(17-4-2-1-3-16(17)18)33(30,31)27-9-7-15(8-10-27)28-21-12-20(26)19(25)11-14(21)13-32-23(28)29/h1-6,11-12,15H,7-10,13H2. The van der Waals surface area contributed by atoms with Crippen molar-refractivity contribution < 1.29 is 31.1 Å². The Labute approximate surface area is 188 Å². The molecule has 1 fully saturated rings. The summed E-state index contributed by atoms with van der Waals surface area (Å²) < 4.78 is 74.8. The number of benzene rings is 3. The van der Waals surface area contributed by atoms with E-state index >= 15 is 0 Å². The minimum absolute atomic E-state index is 0.0122. The molecule has 3 aromatic carbocycles. The van der Waals surface area contributed by atoms with E-state index in [4.69, 9.17) is 4.74 Å². The van der Waals surface area contributed by atoms with Crippen LogP contribution in [-0.2, 0) is 21.4 Å². The van der Waals surface area contributed by atoms with Crippen LogP contribution in [0.5, 0.6) is 0 Å². The molecule has 0 aromatic heterocycles. The number of sulfonamides is 1. The van der Waals surface area contributed by atoms with E-state index in [0.717, 1.165) is 18.2 Å². The number of nitrogens with zero attached hydrogens (tertiary/aromatic N) is 2. The number of cyclic esters (lactones) is 1. The number of piperidine rings is 1. The zero-order valence-corrected chi connectivity index (χ0v) is 18.1. The number of fused-ring (bicyclic) bond motifs is 2. The predicted molar refractivity (Wildman–Crippen MR) is 115 cm³/mol. The fraction of sp³-hybridized carbons (Fsp3) is 0.261. The summed E-state index contributed by atoms with van der Waals surface area (Å²) in [5.74, 6) is -2.61. The summed E-state index contributed by atoms with van der Waals surface area (Å²) in [6.07, 6.45) is -0.142. The van der Waals surface area contributed by atoms with E-state index in [1.807, 2.05) is 0 Å². The van der Waals surface area contributed by atoms with Crippen LogP contribution in [-0.4, -0.2) is 37.9 Å². The number of ether oxygens (including phenoxy) is 1. The molecule has 33 heavy (non-hydrogen) atoms. The normalized spacial score (nSPS) is 17.8. The van der Waals surface area contributed by atoms with Crippen LogP contribution in [0.15, 0.2) is 53.4 Å². The van der Waals surface area contributed by atoms with E-state index in [-0.39, 0.29) is 48.5 Å². The molecule has 5 rings (SSSR count). The third kappa shape index (κ3) is 3.63. The topological polar surface area (TPSA) is 66.9 Å². The monoisotopic (exact) mass is 476 g/mol. The Kier molecular flexibility index (Phi) is 5.29. The lowest BCUT2D eigenvalue weighted by molar-refractivity contribution is 0.135. The van der Waals surface area contributed by atoms with Crippen molar-refractivity contribution in [2.24, 2.45) is 0 Å². The smallest absolute Gasteiger partial charge is 0.414 e. The van der Waals surface area contributed by atoms with Crippen LogP contribution in [0.25, 0.3) is 10.8 Å². The van der Waals surface area contributed by atoms with Crippen LogP contribution in [0.3, 0.4) is 0 Å². The van der Waals surface area contributed by atoms with Gasteiger partial charge in [0, 0.05) is 41.5 Å². The van der Waals surface area contributed by atoms with Crippen LogP contribution < -0.4 is 4.90 Å². The van der Waals surface area contributed by atoms with Gasteiger partial charge in [-0.1, -0.05) is 24.3 Å². The van der Waals surface area contributed by atoms with Gasteiger partial charge in [-0.2, -0.15) is 4.31 Å². The van der Waals surface area contributed by atoms with Crippen molar-refractivity contribution in [3.05, 3.63) is 71.5 Å². The van der Waals surface area contributed by atoms with Gasteiger partial charge in [0.2, 0.25) is 10.0 Å². The molecule has 172 valence electrons. The average Bonchev–Trinajstić information content (AvgIpc) is 2.80. The van der Waals surface area contributed by atoms with Gasteiger partial charge in [-0.15, -0.1) is 0 Å². The maximum absolute atomic E-state index is 14.2. The molecule has 0 unspecified atom stereocenters. The van der Waals surface area contributed by atoms with E-state index in [0.29, 0.717) is 10.9 Å². The molecule has 0 bridgehead atoms.